The van der Waals surface area contributed by atoms with Gasteiger partial charge in [0.05, 0.1) is 0 Å². The normalized spacial score (nSPS) is 12.6. The molecule has 0 aromatic heterocycles. The molecule has 0 amide bonds. The van der Waals surface area contributed by atoms with Gasteiger partial charge in [-0.15, -0.1) is 0 Å². The molecule has 1 N–H and O–H groups in total. The highest BCUT2D eigenvalue weighted by atomic mass is 35.5. The van der Waals surface area contributed by atoms with Gasteiger partial charge >= 0.3 is 0 Å². The molecule has 2 aromatic carbocycles. The molecule has 0 fully saturated rings. The number of benzene rings is 2. The molecule has 2 aromatic rings. The van der Waals surface area contributed by atoms with Gasteiger partial charge in [-0.1, -0.05) is 61.8 Å². The van der Waals surface area contributed by atoms with E-state index in [2.05, 4.69) is 62.5 Å². The maximum atomic E-state index is 5.92. The zero-order valence-corrected chi connectivity index (χ0v) is 13.8. The molecule has 0 aliphatic rings. The quantitative estimate of drug-likeness (QED) is 0.754. The van der Waals surface area contributed by atoms with Gasteiger partial charge in [0.1, 0.15) is 0 Å². The first kappa shape index (κ1) is 16.1. The van der Waals surface area contributed by atoms with E-state index in [1.165, 1.54) is 16.7 Å². The van der Waals surface area contributed by atoms with E-state index in [9.17, 15) is 0 Å². The van der Waals surface area contributed by atoms with Crippen LogP contribution in [-0.2, 0) is 13.0 Å². The van der Waals surface area contributed by atoms with Gasteiger partial charge in [-0.2, -0.15) is 0 Å². The molecule has 2 rings (SSSR count). The SMILES string of the molecule is CC(C)Cc1ccc(CN[C@H](C)c2ccc(Cl)cc2)cc1. The van der Waals surface area contributed by atoms with Crippen LogP contribution in [0.3, 0.4) is 0 Å². The number of halogens is 1. The fraction of sp³-hybridized carbons (Fsp3) is 0.368. The van der Waals surface area contributed by atoms with Gasteiger partial charge in [0.15, 0.2) is 0 Å². The van der Waals surface area contributed by atoms with Crippen LogP contribution < -0.4 is 5.32 Å². The number of rotatable bonds is 6. The molecule has 0 unspecified atom stereocenters. The minimum absolute atomic E-state index is 0.317. The predicted octanol–water partition coefficient (Wildman–Crippen LogP) is 5.39. The average molecular weight is 302 g/mol. The Hall–Kier alpha value is -1.31. The van der Waals surface area contributed by atoms with Crippen molar-refractivity contribution >= 4 is 11.6 Å². The first-order valence-electron chi connectivity index (χ1n) is 7.61. The fourth-order valence-electron chi connectivity index (χ4n) is 2.40. The van der Waals surface area contributed by atoms with Crippen LogP contribution in [0.2, 0.25) is 5.02 Å². The molecule has 1 nitrogen and oxygen atoms in total. The van der Waals surface area contributed by atoms with Gasteiger partial charge in [0.2, 0.25) is 0 Å². The van der Waals surface area contributed by atoms with E-state index in [1.807, 2.05) is 12.1 Å². The summed E-state index contributed by atoms with van der Waals surface area (Å²) in [7, 11) is 0. The lowest BCUT2D eigenvalue weighted by atomic mass is 10.0. The van der Waals surface area contributed by atoms with Gasteiger partial charge < -0.3 is 5.32 Å². The van der Waals surface area contributed by atoms with Crippen molar-refractivity contribution < 1.29 is 0 Å². The van der Waals surface area contributed by atoms with Crippen LogP contribution >= 0.6 is 11.6 Å². The van der Waals surface area contributed by atoms with Crippen LogP contribution in [0, 0.1) is 5.92 Å². The first-order chi connectivity index (χ1) is 10.0. The summed E-state index contributed by atoms with van der Waals surface area (Å²) in [5.74, 6) is 0.707. The van der Waals surface area contributed by atoms with Crippen molar-refractivity contribution in [2.24, 2.45) is 5.92 Å². The van der Waals surface area contributed by atoms with Crippen LogP contribution in [-0.4, -0.2) is 0 Å². The van der Waals surface area contributed by atoms with Gasteiger partial charge in [0, 0.05) is 17.6 Å². The van der Waals surface area contributed by atoms with Crippen molar-refractivity contribution in [2.45, 2.75) is 39.8 Å². The second kappa shape index (κ2) is 7.63. The average Bonchev–Trinajstić information content (AvgIpc) is 2.46. The predicted molar refractivity (Wildman–Crippen MR) is 91.7 cm³/mol. The van der Waals surface area contributed by atoms with E-state index in [1.54, 1.807) is 0 Å². The third kappa shape index (κ3) is 5.18. The lowest BCUT2D eigenvalue weighted by molar-refractivity contribution is 0.574. The highest BCUT2D eigenvalue weighted by molar-refractivity contribution is 6.30. The summed E-state index contributed by atoms with van der Waals surface area (Å²) >= 11 is 5.92. The summed E-state index contributed by atoms with van der Waals surface area (Å²) in [5, 5.41) is 4.34. The van der Waals surface area contributed by atoms with Crippen LogP contribution in [0.4, 0.5) is 0 Å². The van der Waals surface area contributed by atoms with Gasteiger partial charge in [-0.3, -0.25) is 0 Å². The van der Waals surface area contributed by atoms with E-state index in [4.69, 9.17) is 11.6 Å². The Balaban J connectivity index is 1.88. The van der Waals surface area contributed by atoms with Crippen molar-refractivity contribution in [2.75, 3.05) is 0 Å². The molecule has 0 spiro atoms. The molecule has 0 saturated heterocycles. The summed E-state index contributed by atoms with van der Waals surface area (Å²) in [4.78, 5) is 0. The minimum Gasteiger partial charge on any atom is -0.306 e. The maximum absolute atomic E-state index is 5.92. The third-order valence-electron chi connectivity index (χ3n) is 3.65. The lowest BCUT2D eigenvalue weighted by Gasteiger charge is -2.15. The summed E-state index contributed by atoms with van der Waals surface area (Å²) < 4.78 is 0. The van der Waals surface area contributed by atoms with Crippen LogP contribution in [0.25, 0.3) is 0 Å². The Kier molecular flexibility index (Phi) is 5.84. The molecule has 0 saturated carbocycles. The summed E-state index contributed by atoms with van der Waals surface area (Å²) in [6, 6.07) is 17.3. The topological polar surface area (TPSA) is 12.0 Å². The molecule has 0 aliphatic heterocycles. The number of nitrogens with one attached hydrogen (secondary N) is 1. The summed E-state index contributed by atoms with van der Waals surface area (Å²) in [6.07, 6.45) is 1.15. The van der Waals surface area contributed by atoms with Crippen molar-refractivity contribution in [1.29, 1.82) is 0 Å². The molecular formula is C19H24ClN. The summed E-state index contributed by atoms with van der Waals surface area (Å²) in [5.41, 5.74) is 4.00. The van der Waals surface area contributed by atoms with Crippen molar-refractivity contribution in [3.05, 3.63) is 70.2 Å². The van der Waals surface area contributed by atoms with Gasteiger partial charge in [-0.05, 0) is 48.1 Å². The Morgan fingerprint density at radius 2 is 1.43 bits per heavy atom. The Morgan fingerprint density at radius 3 is 2.00 bits per heavy atom. The minimum atomic E-state index is 0.317. The second-order valence-corrected chi connectivity index (χ2v) is 6.51. The maximum Gasteiger partial charge on any atom is 0.0406 e. The molecular weight excluding hydrogens is 278 g/mol. The van der Waals surface area contributed by atoms with Crippen molar-refractivity contribution in [3.63, 3.8) is 0 Å². The number of hydrogen-bond donors (Lipinski definition) is 1. The number of hydrogen-bond acceptors (Lipinski definition) is 1. The largest absolute Gasteiger partial charge is 0.306 e. The van der Waals surface area contributed by atoms with Crippen LogP contribution in [0.1, 0.15) is 43.5 Å². The monoisotopic (exact) mass is 301 g/mol. The lowest BCUT2D eigenvalue weighted by Crippen LogP contribution is -2.18. The van der Waals surface area contributed by atoms with E-state index in [-0.39, 0.29) is 0 Å². The zero-order valence-electron chi connectivity index (χ0n) is 13.1. The molecule has 0 aliphatic carbocycles. The van der Waals surface area contributed by atoms with Crippen molar-refractivity contribution in [3.8, 4) is 0 Å². The van der Waals surface area contributed by atoms with Crippen LogP contribution in [0.5, 0.6) is 0 Å². The van der Waals surface area contributed by atoms with Crippen molar-refractivity contribution in [1.82, 2.24) is 5.32 Å². The molecule has 1 atom stereocenters. The first-order valence-corrected chi connectivity index (χ1v) is 7.99. The van der Waals surface area contributed by atoms with Crippen LogP contribution in [0.15, 0.2) is 48.5 Å². The molecule has 0 heterocycles. The zero-order chi connectivity index (χ0) is 15.2. The third-order valence-corrected chi connectivity index (χ3v) is 3.90. The molecule has 0 radical (unpaired) electrons. The molecule has 21 heavy (non-hydrogen) atoms. The molecule has 112 valence electrons. The second-order valence-electron chi connectivity index (χ2n) is 6.07. The molecule has 0 bridgehead atoms. The smallest absolute Gasteiger partial charge is 0.0406 e. The highest BCUT2D eigenvalue weighted by Crippen LogP contribution is 2.17. The highest BCUT2D eigenvalue weighted by Gasteiger charge is 2.05. The van der Waals surface area contributed by atoms with E-state index in [0.717, 1.165) is 18.0 Å². The molecule has 2 heteroatoms. The Labute approximate surface area is 133 Å². The van der Waals surface area contributed by atoms with E-state index >= 15 is 0 Å². The fourth-order valence-corrected chi connectivity index (χ4v) is 2.53. The van der Waals surface area contributed by atoms with Gasteiger partial charge in [0.25, 0.3) is 0 Å². The summed E-state index contributed by atoms with van der Waals surface area (Å²) in [6.45, 7) is 7.56. The Morgan fingerprint density at radius 1 is 0.857 bits per heavy atom. The van der Waals surface area contributed by atoms with E-state index < -0.39 is 0 Å². The van der Waals surface area contributed by atoms with Gasteiger partial charge in [-0.25, -0.2) is 0 Å². The Bertz CT molecular complexity index is 543. The van der Waals surface area contributed by atoms with E-state index in [0.29, 0.717) is 12.0 Å². The standard InChI is InChI=1S/C19H24ClN/c1-14(2)12-16-4-6-17(7-5-16)13-21-15(3)18-8-10-19(20)11-9-18/h4-11,14-15,21H,12-13H2,1-3H3/t15-/m1/s1.